The van der Waals surface area contributed by atoms with Crippen molar-refractivity contribution in [1.82, 2.24) is 4.90 Å². The van der Waals surface area contributed by atoms with Gasteiger partial charge in [0.25, 0.3) is 5.91 Å². The van der Waals surface area contributed by atoms with Gasteiger partial charge in [-0.1, -0.05) is 17.7 Å². The van der Waals surface area contributed by atoms with Gasteiger partial charge in [0.2, 0.25) is 0 Å². The van der Waals surface area contributed by atoms with Crippen molar-refractivity contribution < 1.29 is 19.4 Å². The molecule has 0 aliphatic carbocycles. The maximum Gasteiger partial charge on any atom is 0.305 e. The number of amides is 1. The Kier molecular flexibility index (Phi) is 5.76. The highest BCUT2D eigenvalue weighted by Crippen LogP contribution is 2.16. The fourth-order valence-corrected chi connectivity index (χ4v) is 1.90. The molecule has 0 radical (unpaired) electrons. The summed E-state index contributed by atoms with van der Waals surface area (Å²) in [6.07, 6.45) is -0.0759. The van der Waals surface area contributed by atoms with E-state index in [9.17, 15) is 9.59 Å². The third kappa shape index (κ3) is 5.85. The van der Waals surface area contributed by atoms with Gasteiger partial charge in [-0.05, 0) is 39.8 Å². The van der Waals surface area contributed by atoms with Crippen LogP contribution in [0.2, 0.25) is 0 Å². The van der Waals surface area contributed by atoms with Crippen LogP contribution in [0, 0.1) is 6.92 Å². The summed E-state index contributed by atoms with van der Waals surface area (Å²) in [5.41, 5.74) is 0.676. The van der Waals surface area contributed by atoms with Crippen LogP contribution in [0.5, 0.6) is 5.75 Å². The second kappa shape index (κ2) is 7.11. The smallest absolute Gasteiger partial charge is 0.305 e. The van der Waals surface area contributed by atoms with E-state index in [2.05, 4.69) is 0 Å². The Morgan fingerprint density at radius 1 is 1.19 bits per heavy atom. The Morgan fingerprint density at radius 2 is 1.76 bits per heavy atom. The van der Waals surface area contributed by atoms with Crippen molar-refractivity contribution in [3.05, 3.63) is 29.8 Å². The zero-order chi connectivity index (χ0) is 16.0. The predicted octanol–water partition coefficient (Wildman–Crippen LogP) is 2.48. The van der Waals surface area contributed by atoms with Crippen LogP contribution in [-0.2, 0) is 9.59 Å². The summed E-state index contributed by atoms with van der Waals surface area (Å²) in [5.74, 6) is -0.512. The third-order valence-corrected chi connectivity index (χ3v) is 3.04. The first-order valence-corrected chi connectivity index (χ1v) is 6.92. The van der Waals surface area contributed by atoms with Crippen LogP contribution in [0.4, 0.5) is 0 Å². The third-order valence-electron chi connectivity index (χ3n) is 3.04. The van der Waals surface area contributed by atoms with Gasteiger partial charge in [0.05, 0.1) is 6.42 Å². The minimum absolute atomic E-state index is 0.0759. The number of carbonyl (C=O) groups is 2. The molecule has 0 saturated heterocycles. The molecule has 0 bridgehead atoms. The van der Waals surface area contributed by atoms with Gasteiger partial charge >= 0.3 is 5.97 Å². The number of carboxylic acids is 1. The summed E-state index contributed by atoms with van der Waals surface area (Å²) in [4.78, 5) is 24.5. The van der Waals surface area contributed by atoms with Crippen LogP contribution in [0.3, 0.4) is 0 Å². The van der Waals surface area contributed by atoms with E-state index in [1.165, 1.54) is 4.90 Å². The molecule has 0 aromatic heterocycles. The van der Waals surface area contributed by atoms with Gasteiger partial charge in [-0.3, -0.25) is 9.59 Å². The van der Waals surface area contributed by atoms with Crippen molar-refractivity contribution in [2.45, 2.75) is 39.7 Å². The highest BCUT2D eigenvalue weighted by atomic mass is 16.5. The molecular weight excluding hydrogens is 270 g/mol. The molecule has 0 spiro atoms. The van der Waals surface area contributed by atoms with Crippen LogP contribution >= 0.6 is 0 Å². The minimum atomic E-state index is -0.920. The van der Waals surface area contributed by atoms with Crippen LogP contribution in [-0.4, -0.2) is 40.6 Å². The molecule has 0 aliphatic heterocycles. The summed E-state index contributed by atoms with van der Waals surface area (Å²) in [6.45, 7) is 7.67. The van der Waals surface area contributed by atoms with Crippen molar-refractivity contribution in [3.63, 3.8) is 0 Å². The average molecular weight is 293 g/mol. The lowest BCUT2D eigenvalue weighted by Crippen LogP contribution is -2.48. The van der Waals surface area contributed by atoms with Crippen molar-refractivity contribution in [1.29, 1.82) is 0 Å². The first-order chi connectivity index (χ1) is 9.70. The number of carboxylic acid groups (broad SMARTS) is 1. The van der Waals surface area contributed by atoms with Gasteiger partial charge < -0.3 is 14.7 Å². The fourth-order valence-electron chi connectivity index (χ4n) is 1.90. The maximum absolute atomic E-state index is 12.3. The van der Waals surface area contributed by atoms with E-state index in [-0.39, 0.29) is 25.5 Å². The molecule has 0 aliphatic rings. The van der Waals surface area contributed by atoms with Gasteiger partial charge in [-0.25, -0.2) is 0 Å². The van der Waals surface area contributed by atoms with Crippen LogP contribution in [0.25, 0.3) is 0 Å². The second-order valence-electron chi connectivity index (χ2n) is 5.96. The molecule has 0 atom stereocenters. The molecule has 5 heteroatoms. The summed E-state index contributed by atoms with van der Waals surface area (Å²) >= 11 is 0. The largest absolute Gasteiger partial charge is 0.484 e. The number of aryl methyl sites for hydroxylation is 1. The van der Waals surface area contributed by atoms with Crippen molar-refractivity contribution >= 4 is 11.9 Å². The van der Waals surface area contributed by atoms with Crippen LogP contribution in [0.1, 0.15) is 32.8 Å². The minimum Gasteiger partial charge on any atom is -0.484 e. The monoisotopic (exact) mass is 293 g/mol. The molecular formula is C16H23NO4. The van der Waals surface area contributed by atoms with E-state index in [4.69, 9.17) is 9.84 Å². The summed E-state index contributed by atoms with van der Waals surface area (Å²) in [7, 11) is 0. The van der Waals surface area contributed by atoms with Gasteiger partial charge in [0, 0.05) is 12.1 Å². The maximum atomic E-state index is 12.3. The standard InChI is InChI=1S/C16H23NO4/c1-12-5-7-13(8-6-12)21-11-14(18)17(16(2,3)4)10-9-15(19)20/h5-8H,9-11H2,1-4H3,(H,19,20). The molecule has 116 valence electrons. The van der Waals surface area contributed by atoms with Crippen molar-refractivity contribution in [3.8, 4) is 5.75 Å². The number of rotatable bonds is 6. The van der Waals surface area contributed by atoms with Gasteiger partial charge in [0.15, 0.2) is 6.61 Å². The molecule has 1 amide bonds. The van der Waals surface area contributed by atoms with E-state index in [1.54, 1.807) is 12.1 Å². The van der Waals surface area contributed by atoms with Crippen molar-refractivity contribution in [2.75, 3.05) is 13.2 Å². The van der Waals surface area contributed by atoms with Crippen molar-refractivity contribution in [2.24, 2.45) is 0 Å². The molecule has 1 rings (SSSR count). The lowest BCUT2D eigenvalue weighted by molar-refractivity contribution is -0.141. The lowest BCUT2D eigenvalue weighted by Gasteiger charge is -2.35. The molecule has 0 saturated carbocycles. The van der Waals surface area contributed by atoms with Gasteiger partial charge in [-0.15, -0.1) is 0 Å². The number of benzene rings is 1. The number of ether oxygens (including phenoxy) is 1. The summed E-state index contributed by atoms with van der Waals surface area (Å²) in [5, 5.41) is 8.77. The van der Waals surface area contributed by atoms with E-state index in [0.717, 1.165) is 5.56 Å². The molecule has 0 fully saturated rings. The Bertz CT molecular complexity index is 488. The highest BCUT2D eigenvalue weighted by Gasteiger charge is 2.27. The molecule has 1 N–H and O–H groups in total. The van der Waals surface area contributed by atoms with Crippen LogP contribution < -0.4 is 4.74 Å². The Morgan fingerprint density at radius 3 is 2.24 bits per heavy atom. The second-order valence-corrected chi connectivity index (χ2v) is 5.96. The molecule has 5 nitrogen and oxygen atoms in total. The lowest BCUT2D eigenvalue weighted by atomic mass is 10.1. The van der Waals surface area contributed by atoms with Gasteiger partial charge in [0.1, 0.15) is 5.75 Å². The van der Waals surface area contributed by atoms with E-state index >= 15 is 0 Å². The quantitative estimate of drug-likeness (QED) is 0.875. The number of hydrogen-bond donors (Lipinski definition) is 1. The molecule has 1 aromatic carbocycles. The van der Waals surface area contributed by atoms with Gasteiger partial charge in [-0.2, -0.15) is 0 Å². The SMILES string of the molecule is Cc1ccc(OCC(=O)N(CCC(=O)O)C(C)(C)C)cc1. The normalized spacial score (nSPS) is 11.0. The zero-order valence-corrected chi connectivity index (χ0v) is 13.0. The molecule has 1 aromatic rings. The number of hydrogen-bond acceptors (Lipinski definition) is 3. The first-order valence-electron chi connectivity index (χ1n) is 6.92. The van der Waals surface area contributed by atoms with E-state index < -0.39 is 11.5 Å². The summed E-state index contributed by atoms with van der Waals surface area (Å²) in [6, 6.07) is 7.43. The first kappa shape index (κ1) is 17.0. The van der Waals surface area contributed by atoms with E-state index in [0.29, 0.717) is 5.75 Å². The Labute approximate surface area is 125 Å². The highest BCUT2D eigenvalue weighted by molar-refractivity contribution is 5.79. The molecule has 0 heterocycles. The Balaban J connectivity index is 2.63. The van der Waals surface area contributed by atoms with Crippen LogP contribution in [0.15, 0.2) is 24.3 Å². The average Bonchev–Trinajstić information content (AvgIpc) is 2.36. The predicted molar refractivity (Wildman–Crippen MR) is 80.4 cm³/mol. The molecule has 0 unspecified atom stereocenters. The Hall–Kier alpha value is -2.04. The summed E-state index contributed by atoms with van der Waals surface area (Å²) < 4.78 is 5.47. The number of aliphatic carboxylic acids is 1. The van der Waals surface area contributed by atoms with E-state index in [1.807, 2.05) is 39.8 Å². The number of carbonyl (C=O) groups excluding carboxylic acids is 1. The zero-order valence-electron chi connectivity index (χ0n) is 13.0. The molecule has 21 heavy (non-hydrogen) atoms. The fraction of sp³-hybridized carbons (Fsp3) is 0.500. The number of nitrogens with zero attached hydrogens (tertiary/aromatic N) is 1. The topological polar surface area (TPSA) is 66.8 Å².